The molecule has 0 N–H and O–H groups in total. The van der Waals surface area contributed by atoms with Gasteiger partial charge in [-0.2, -0.15) is 0 Å². The van der Waals surface area contributed by atoms with Crippen molar-refractivity contribution in [3.63, 3.8) is 0 Å². The van der Waals surface area contributed by atoms with Gasteiger partial charge in [0.2, 0.25) is 5.91 Å². The van der Waals surface area contributed by atoms with Gasteiger partial charge in [0.25, 0.3) is 0 Å². The maximum atomic E-state index is 12.4. The van der Waals surface area contributed by atoms with Crippen molar-refractivity contribution in [2.75, 3.05) is 13.1 Å². The fourth-order valence-corrected chi connectivity index (χ4v) is 3.65. The summed E-state index contributed by atoms with van der Waals surface area (Å²) in [6, 6.07) is 0. The summed E-state index contributed by atoms with van der Waals surface area (Å²) in [4.78, 5) is 14.6. The van der Waals surface area contributed by atoms with E-state index in [0.717, 1.165) is 30.8 Å². The molecule has 1 heterocycles. The molecule has 0 aromatic rings. The van der Waals surface area contributed by atoms with Crippen LogP contribution in [0.1, 0.15) is 59.8 Å². The molecular formula is C16H29NO. The Bertz CT molecular complexity index is 289. The minimum Gasteiger partial charge on any atom is -0.342 e. The van der Waals surface area contributed by atoms with Crippen LogP contribution in [0.25, 0.3) is 0 Å². The van der Waals surface area contributed by atoms with Gasteiger partial charge in [-0.3, -0.25) is 4.79 Å². The van der Waals surface area contributed by atoms with E-state index in [9.17, 15) is 4.79 Å². The zero-order valence-electron chi connectivity index (χ0n) is 12.5. The van der Waals surface area contributed by atoms with Crippen LogP contribution in [-0.4, -0.2) is 23.9 Å². The summed E-state index contributed by atoms with van der Waals surface area (Å²) in [5.74, 6) is 2.72. The highest BCUT2D eigenvalue weighted by Crippen LogP contribution is 2.38. The third-order valence-electron chi connectivity index (χ3n) is 4.83. The minimum atomic E-state index is 0.116. The number of fused-ring (bicyclic) bond motifs is 2. The molecule has 1 aliphatic heterocycles. The molecule has 2 fully saturated rings. The van der Waals surface area contributed by atoms with E-state index in [4.69, 9.17) is 0 Å². The van der Waals surface area contributed by atoms with E-state index in [-0.39, 0.29) is 5.41 Å². The third-order valence-corrected chi connectivity index (χ3v) is 4.83. The van der Waals surface area contributed by atoms with Crippen LogP contribution in [0.4, 0.5) is 0 Å². The zero-order chi connectivity index (χ0) is 13.3. The third kappa shape index (κ3) is 3.27. The molecule has 0 radical (unpaired) electrons. The Balaban J connectivity index is 2.01. The zero-order valence-corrected chi connectivity index (χ0v) is 12.5. The lowest BCUT2D eigenvalue weighted by Crippen LogP contribution is -2.48. The molecule has 104 valence electrons. The molecular weight excluding hydrogens is 222 g/mol. The summed E-state index contributed by atoms with van der Waals surface area (Å²) >= 11 is 0. The molecule has 0 aromatic heterocycles. The van der Waals surface area contributed by atoms with Gasteiger partial charge in [-0.05, 0) is 36.0 Å². The van der Waals surface area contributed by atoms with E-state index in [1.807, 2.05) is 0 Å². The van der Waals surface area contributed by atoms with Gasteiger partial charge in [-0.25, -0.2) is 0 Å². The normalized spacial score (nSPS) is 33.1. The van der Waals surface area contributed by atoms with Gasteiger partial charge in [-0.1, -0.05) is 40.5 Å². The van der Waals surface area contributed by atoms with E-state index in [0.29, 0.717) is 12.3 Å². The quantitative estimate of drug-likeness (QED) is 0.695. The Hall–Kier alpha value is -0.530. The molecule has 2 bridgehead atoms. The minimum absolute atomic E-state index is 0.116. The molecule has 1 amide bonds. The lowest BCUT2D eigenvalue weighted by atomic mass is 9.77. The number of carbonyl (C=O) groups excluding carboxylic acids is 1. The van der Waals surface area contributed by atoms with Crippen LogP contribution in [-0.2, 0) is 4.79 Å². The van der Waals surface area contributed by atoms with Gasteiger partial charge in [-0.15, -0.1) is 0 Å². The standard InChI is InChI=1S/C16H29NO/c1-12-13-7-5-6-8-14(12)11-17(10-13)15(18)9-16(2,3)4/h12-14H,5-11H2,1-4H3. The molecule has 2 rings (SSSR count). The highest BCUT2D eigenvalue weighted by Gasteiger charge is 2.37. The van der Waals surface area contributed by atoms with Crippen molar-refractivity contribution in [1.29, 1.82) is 0 Å². The second-order valence-electron chi connectivity index (χ2n) is 7.70. The van der Waals surface area contributed by atoms with E-state index in [1.165, 1.54) is 25.7 Å². The average Bonchev–Trinajstić information content (AvgIpc) is 2.36. The van der Waals surface area contributed by atoms with E-state index >= 15 is 0 Å². The lowest BCUT2D eigenvalue weighted by molar-refractivity contribution is -0.137. The highest BCUT2D eigenvalue weighted by molar-refractivity contribution is 5.77. The predicted octanol–water partition coefficient (Wildman–Crippen LogP) is 3.71. The van der Waals surface area contributed by atoms with Crippen LogP contribution in [0.5, 0.6) is 0 Å². The second-order valence-corrected chi connectivity index (χ2v) is 7.70. The number of carbonyl (C=O) groups is 1. The fraction of sp³-hybridized carbons (Fsp3) is 0.938. The molecule has 2 atom stereocenters. The number of amides is 1. The van der Waals surface area contributed by atoms with Crippen molar-refractivity contribution in [2.45, 2.75) is 59.8 Å². The Morgan fingerprint density at radius 3 is 2.06 bits per heavy atom. The predicted molar refractivity (Wildman–Crippen MR) is 75.3 cm³/mol. The summed E-state index contributed by atoms with van der Waals surface area (Å²) in [5, 5.41) is 0. The summed E-state index contributed by atoms with van der Waals surface area (Å²) in [5.41, 5.74) is 0.116. The molecule has 2 aliphatic rings. The SMILES string of the molecule is CC1C2CCCCC1CN(C(=O)CC(C)(C)C)C2. The van der Waals surface area contributed by atoms with Gasteiger partial charge >= 0.3 is 0 Å². The Kier molecular flexibility index (Phi) is 4.03. The van der Waals surface area contributed by atoms with Crippen LogP contribution < -0.4 is 0 Å². The van der Waals surface area contributed by atoms with Gasteiger partial charge in [0.05, 0.1) is 0 Å². The van der Waals surface area contributed by atoms with Crippen molar-refractivity contribution in [2.24, 2.45) is 23.2 Å². The van der Waals surface area contributed by atoms with Gasteiger partial charge in [0.1, 0.15) is 0 Å². The van der Waals surface area contributed by atoms with Crippen molar-refractivity contribution >= 4 is 5.91 Å². The van der Waals surface area contributed by atoms with Gasteiger partial charge in [0.15, 0.2) is 0 Å². The molecule has 2 heteroatoms. The first-order valence-corrected chi connectivity index (χ1v) is 7.64. The highest BCUT2D eigenvalue weighted by atomic mass is 16.2. The van der Waals surface area contributed by atoms with E-state index in [2.05, 4.69) is 32.6 Å². The summed E-state index contributed by atoms with van der Waals surface area (Å²) in [6.07, 6.45) is 6.09. The number of piperidine rings is 1. The largest absolute Gasteiger partial charge is 0.342 e. The fourth-order valence-electron chi connectivity index (χ4n) is 3.65. The van der Waals surface area contributed by atoms with Crippen LogP contribution in [0.3, 0.4) is 0 Å². The molecule has 2 unspecified atom stereocenters. The second kappa shape index (κ2) is 5.22. The molecule has 0 spiro atoms. The lowest BCUT2D eigenvalue weighted by Gasteiger charge is -2.42. The molecule has 1 saturated carbocycles. The number of hydrogen-bond donors (Lipinski definition) is 0. The van der Waals surface area contributed by atoms with Crippen LogP contribution in [0.15, 0.2) is 0 Å². The molecule has 18 heavy (non-hydrogen) atoms. The average molecular weight is 251 g/mol. The number of hydrogen-bond acceptors (Lipinski definition) is 1. The summed E-state index contributed by atoms with van der Waals surface area (Å²) in [7, 11) is 0. The van der Waals surface area contributed by atoms with Gasteiger partial charge < -0.3 is 4.90 Å². The van der Waals surface area contributed by atoms with Crippen LogP contribution >= 0.6 is 0 Å². The Labute approximate surface area is 112 Å². The van der Waals surface area contributed by atoms with E-state index < -0.39 is 0 Å². The van der Waals surface area contributed by atoms with Crippen molar-refractivity contribution in [1.82, 2.24) is 4.90 Å². The number of nitrogens with zero attached hydrogens (tertiary/aromatic N) is 1. The summed E-state index contributed by atoms with van der Waals surface area (Å²) < 4.78 is 0. The molecule has 1 aliphatic carbocycles. The first-order valence-electron chi connectivity index (χ1n) is 7.64. The van der Waals surface area contributed by atoms with Crippen LogP contribution in [0.2, 0.25) is 0 Å². The Morgan fingerprint density at radius 2 is 1.61 bits per heavy atom. The summed E-state index contributed by atoms with van der Waals surface area (Å²) in [6.45, 7) is 10.9. The maximum Gasteiger partial charge on any atom is 0.223 e. The van der Waals surface area contributed by atoms with E-state index in [1.54, 1.807) is 0 Å². The van der Waals surface area contributed by atoms with Crippen molar-refractivity contribution in [3.05, 3.63) is 0 Å². The van der Waals surface area contributed by atoms with Gasteiger partial charge in [0, 0.05) is 19.5 Å². The van der Waals surface area contributed by atoms with Crippen LogP contribution in [0, 0.1) is 23.2 Å². The molecule has 1 saturated heterocycles. The first-order chi connectivity index (χ1) is 8.37. The van der Waals surface area contributed by atoms with Crippen molar-refractivity contribution < 1.29 is 4.79 Å². The number of likely N-dealkylation sites (tertiary alicyclic amines) is 1. The van der Waals surface area contributed by atoms with Crippen molar-refractivity contribution in [3.8, 4) is 0 Å². The Morgan fingerprint density at radius 1 is 1.11 bits per heavy atom. The number of rotatable bonds is 1. The maximum absolute atomic E-state index is 12.4. The first kappa shape index (κ1) is 13.9. The molecule has 0 aromatic carbocycles. The molecule has 2 nitrogen and oxygen atoms in total. The topological polar surface area (TPSA) is 20.3 Å². The smallest absolute Gasteiger partial charge is 0.223 e. The monoisotopic (exact) mass is 251 g/mol.